The highest BCUT2D eigenvalue weighted by molar-refractivity contribution is 6.20. The second-order valence-electron chi connectivity index (χ2n) is 11.5. The van der Waals surface area contributed by atoms with E-state index in [2.05, 4.69) is 164 Å². The van der Waals surface area contributed by atoms with Crippen molar-refractivity contribution in [3.05, 3.63) is 151 Å². The lowest BCUT2D eigenvalue weighted by Crippen LogP contribution is -2.12. The van der Waals surface area contributed by atoms with Crippen LogP contribution in [0, 0.1) is 0 Å². The molecule has 0 aliphatic carbocycles. The quantitative estimate of drug-likeness (QED) is 0.202. The van der Waals surface area contributed by atoms with Gasteiger partial charge in [0, 0.05) is 16.2 Å². The van der Waals surface area contributed by atoms with Crippen molar-refractivity contribution in [3.8, 4) is 0 Å². The van der Waals surface area contributed by atoms with Crippen molar-refractivity contribution in [2.24, 2.45) is 0 Å². The van der Waals surface area contributed by atoms with Gasteiger partial charge in [-0.15, -0.1) is 0 Å². The van der Waals surface area contributed by atoms with Gasteiger partial charge in [0.05, 0.1) is 17.1 Å². The minimum absolute atomic E-state index is 0.431. The zero-order chi connectivity index (χ0) is 28.2. The molecule has 8 aromatic carbocycles. The highest BCUT2D eigenvalue weighted by Crippen LogP contribution is 2.48. The summed E-state index contributed by atoms with van der Waals surface area (Å²) in [5.74, 6) is 0.431. The van der Waals surface area contributed by atoms with Crippen LogP contribution in [0.15, 0.2) is 146 Å². The fourth-order valence-corrected chi connectivity index (χ4v) is 6.84. The minimum atomic E-state index is 0.431. The molecular formula is C41H31N. The van der Waals surface area contributed by atoms with Crippen LogP contribution in [0.25, 0.3) is 53.9 Å². The van der Waals surface area contributed by atoms with E-state index >= 15 is 0 Å². The SMILES string of the molecule is CC(C)c1cccc2c(N(c3cc4ccccc4c4ccccc34)c3cc4ccccc4c4ccccc34)cccc12. The molecule has 1 heteroatoms. The molecular weight excluding hydrogens is 506 g/mol. The Morgan fingerprint density at radius 3 is 1.31 bits per heavy atom. The number of hydrogen-bond acceptors (Lipinski definition) is 1. The molecule has 0 amide bonds. The van der Waals surface area contributed by atoms with Crippen LogP contribution in [0.2, 0.25) is 0 Å². The molecule has 0 aliphatic heterocycles. The van der Waals surface area contributed by atoms with Gasteiger partial charge in [0.25, 0.3) is 0 Å². The molecule has 200 valence electrons. The maximum atomic E-state index is 2.52. The van der Waals surface area contributed by atoms with Gasteiger partial charge in [0.1, 0.15) is 0 Å². The van der Waals surface area contributed by atoms with E-state index in [1.165, 1.54) is 76.5 Å². The molecule has 0 saturated carbocycles. The van der Waals surface area contributed by atoms with Crippen LogP contribution in [-0.4, -0.2) is 0 Å². The lowest BCUT2D eigenvalue weighted by Gasteiger charge is -2.30. The van der Waals surface area contributed by atoms with E-state index in [-0.39, 0.29) is 0 Å². The van der Waals surface area contributed by atoms with Gasteiger partial charge in [-0.2, -0.15) is 0 Å². The fourth-order valence-electron chi connectivity index (χ4n) is 6.84. The number of hydrogen-bond donors (Lipinski definition) is 0. The average molecular weight is 538 g/mol. The molecule has 0 unspecified atom stereocenters. The molecule has 0 saturated heterocycles. The number of fused-ring (bicyclic) bond motifs is 7. The molecule has 0 fully saturated rings. The summed E-state index contributed by atoms with van der Waals surface area (Å²) in [5.41, 5.74) is 4.94. The fraction of sp³-hybridized carbons (Fsp3) is 0.0732. The number of rotatable bonds is 4. The summed E-state index contributed by atoms with van der Waals surface area (Å²) in [4.78, 5) is 2.52. The monoisotopic (exact) mass is 537 g/mol. The van der Waals surface area contributed by atoms with Crippen LogP contribution in [0.4, 0.5) is 17.1 Å². The average Bonchev–Trinajstić information content (AvgIpc) is 3.04. The smallest absolute Gasteiger partial charge is 0.0546 e. The lowest BCUT2D eigenvalue weighted by molar-refractivity contribution is 0.876. The molecule has 0 heterocycles. The predicted octanol–water partition coefficient (Wildman–Crippen LogP) is 12.0. The molecule has 0 spiro atoms. The lowest BCUT2D eigenvalue weighted by atomic mass is 9.93. The maximum Gasteiger partial charge on any atom is 0.0546 e. The number of benzene rings is 8. The van der Waals surface area contributed by atoms with Crippen LogP contribution in [0.1, 0.15) is 25.3 Å². The van der Waals surface area contributed by atoms with Crippen molar-refractivity contribution in [2.75, 3.05) is 4.90 Å². The molecule has 0 aliphatic rings. The molecule has 8 aromatic rings. The first kappa shape index (κ1) is 24.6. The van der Waals surface area contributed by atoms with Gasteiger partial charge >= 0.3 is 0 Å². The van der Waals surface area contributed by atoms with Crippen molar-refractivity contribution < 1.29 is 0 Å². The summed E-state index contributed by atoms with van der Waals surface area (Å²) in [5, 5.41) is 12.6. The molecule has 8 rings (SSSR count). The third-order valence-electron chi connectivity index (χ3n) is 8.77. The van der Waals surface area contributed by atoms with Crippen LogP contribution >= 0.6 is 0 Å². The van der Waals surface area contributed by atoms with Gasteiger partial charge in [-0.1, -0.05) is 141 Å². The Hall–Kier alpha value is -5.14. The van der Waals surface area contributed by atoms with Gasteiger partial charge in [-0.25, -0.2) is 0 Å². The Morgan fingerprint density at radius 2 is 0.762 bits per heavy atom. The normalized spacial score (nSPS) is 11.8. The topological polar surface area (TPSA) is 3.24 Å². The highest BCUT2D eigenvalue weighted by Gasteiger charge is 2.22. The highest BCUT2D eigenvalue weighted by atomic mass is 15.1. The molecule has 0 atom stereocenters. The summed E-state index contributed by atoms with van der Waals surface area (Å²) in [6.07, 6.45) is 0. The standard InChI is InChI=1S/C41H31N/c1-27(2)30-21-11-23-36-33(30)22-12-24-39(36)42(40-25-28-13-3-5-15-31(28)34-17-7-9-19-37(34)40)41-26-29-14-4-6-16-32(29)35-18-8-10-20-38(35)41/h3-27H,1-2H3. The van der Waals surface area contributed by atoms with Crippen molar-refractivity contribution in [1.29, 1.82) is 0 Å². The first-order chi connectivity index (χ1) is 20.7. The molecule has 0 bridgehead atoms. The predicted molar refractivity (Wildman–Crippen MR) is 183 cm³/mol. The van der Waals surface area contributed by atoms with E-state index in [1.54, 1.807) is 0 Å². The summed E-state index contributed by atoms with van der Waals surface area (Å²) in [7, 11) is 0. The first-order valence-corrected chi connectivity index (χ1v) is 14.8. The zero-order valence-corrected chi connectivity index (χ0v) is 23.9. The Kier molecular flexibility index (Phi) is 5.72. The second-order valence-corrected chi connectivity index (χ2v) is 11.5. The molecule has 0 radical (unpaired) electrons. The van der Waals surface area contributed by atoms with E-state index in [0.717, 1.165) is 0 Å². The largest absolute Gasteiger partial charge is 0.309 e. The summed E-state index contributed by atoms with van der Waals surface area (Å²) < 4.78 is 0. The first-order valence-electron chi connectivity index (χ1n) is 14.8. The van der Waals surface area contributed by atoms with E-state index in [9.17, 15) is 0 Å². The van der Waals surface area contributed by atoms with Crippen LogP contribution in [0.5, 0.6) is 0 Å². The van der Waals surface area contributed by atoms with E-state index in [4.69, 9.17) is 0 Å². The molecule has 1 nitrogen and oxygen atoms in total. The van der Waals surface area contributed by atoms with Crippen molar-refractivity contribution in [1.82, 2.24) is 0 Å². The Morgan fingerprint density at radius 1 is 0.357 bits per heavy atom. The third kappa shape index (κ3) is 3.78. The van der Waals surface area contributed by atoms with Gasteiger partial charge in [0.2, 0.25) is 0 Å². The Bertz CT molecular complexity index is 2170. The van der Waals surface area contributed by atoms with Crippen molar-refractivity contribution in [2.45, 2.75) is 19.8 Å². The van der Waals surface area contributed by atoms with E-state index in [1.807, 2.05) is 0 Å². The second kappa shape index (κ2) is 9.75. The Balaban J connectivity index is 1.57. The Labute approximate surface area is 246 Å². The van der Waals surface area contributed by atoms with Crippen LogP contribution in [0.3, 0.4) is 0 Å². The number of anilines is 3. The van der Waals surface area contributed by atoms with Crippen LogP contribution < -0.4 is 4.90 Å². The molecule has 0 aromatic heterocycles. The van der Waals surface area contributed by atoms with Crippen molar-refractivity contribution in [3.63, 3.8) is 0 Å². The summed E-state index contributed by atoms with van der Waals surface area (Å²) >= 11 is 0. The van der Waals surface area contributed by atoms with Gasteiger partial charge in [-0.05, 0) is 67.4 Å². The number of nitrogens with zero attached hydrogens (tertiary/aromatic N) is 1. The van der Waals surface area contributed by atoms with E-state index in [0.29, 0.717) is 5.92 Å². The van der Waals surface area contributed by atoms with Gasteiger partial charge in [-0.3, -0.25) is 0 Å². The molecule has 42 heavy (non-hydrogen) atoms. The van der Waals surface area contributed by atoms with Gasteiger partial charge in [0.15, 0.2) is 0 Å². The summed E-state index contributed by atoms with van der Waals surface area (Å²) in [6, 6.07) is 53.6. The van der Waals surface area contributed by atoms with E-state index < -0.39 is 0 Å². The maximum absolute atomic E-state index is 2.52. The molecule has 0 N–H and O–H groups in total. The van der Waals surface area contributed by atoms with Crippen molar-refractivity contribution >= 4 is 70.9 Å². The van der Waals surface area contributed by atoms with Crippen LogP contribution in [-0.2, 0) is 0 Å². The van der Waals surface area contributed by atoms with Gasteiger partial charge < -0.3 is 4.90 Å². The third-order valence-corrected chi connectivity index (χ3v) is 8.77. The minimum Gasteiger partial charge on any atom is -0.309 e. The zero-order valence-electron chi connectivity index (χ0n) is 23.9. The summed E-state index contributed by atoms with van der Waals surface area (Å²) in [6.45, 7) is 4.57.